The van der Waals surface area contributed by atoms with Crippen molar-refractivity contribution in [2.45, 2.75) is 6.92 Å². The predicted octanol–water partition coefficient (Wildman–Crippen LogP) is 3.06. The summed E-state index contributed by atoms with van der Waals surface area (Å²) < 4.78 is 0. The van der Waals surface area contributed by atoms with Gasteiger partial charge in [-0.25, -0.2) is 9.97 Å². The van der Waals surface area contributed by atoms with Gasteiger partial charge in [-0.15, -0.1) is 0 Å². The minimum atomic E-state index is -0.342. The van der Waals surface area contributed by atoms with Crippen LogP contribution in [0.3, 0.4) is 0 Å². The Balaban J connectivity index is 1.95. The molecule has 0 radical (unpaired) electrons. The van der Waals surface area contributed by atoms with E-state index in [1.165, 1.54) is 0 Å². The molecule has 3 rings (SSSR count). The summed E-state index contributed by atoms with van der Waals surface area (Å²) in [7, 11) is 0. The number of para-hydroxylation sites is 2. The lowest BCUT2D eigenvalue weighted by atomic mass is 10.2. The molecule has 106 valence electrons. The Morgan fingerprint density at radius 3 is 2.55 bits per heavy atom. The van der Waals surface area contributed by atoms with Gasteiger partial charge in [-0.2, -0.15) is 5.26 Å². The Morgan fingerprint density at radius 2 is 1.82 bits per heavy atom. The van der Waals surface area contributed by atoms with Crippen molar-refractivity contribution < 1.29 is 4.79 Å². The standard InChI is InChI=1S/C17H12N4O/c1-11-16(21-15-8-3-2-7-14(15)19-11)17(22)20-13-6-4-5-12(9-13)10-18/h2-9H,1H3,(H,20,22). The van der Waals surface area contributed by atoms with Crippen LogP contribution in [0, 0.1) is 18.3 Å². The molecular weight excluding hydrogens is 276 g/mol. The molecule has 0 bridgehead atoms. The normalized spacial score (nSPS) is 10.2. The van der Waals surface area contributed by atoms with E-state index < -0.39 is 0 Å². The largest absolute Gasteiger partial charge is 0.321 e. The Kier molecular flexibility index (Phi) is 3.50. The van der Waals surface area contributed by atoms with Crippen molar-refractivity contribution in [2.24, 2.45) is 0 Å². The third-order valence-corrected chi connectivity index (χ3v) is 3.21. The predicted molar refractivity (Wildman–Crippen MR) is 83.4 cm³/mol. The van der Waals surface area contributed by atoms with Crippen LogP contribution < -0.4 is 5.32 Å². The summed E-state index contributed by atoms with van der Waals surface area (Å²) in [5.41, 5.74) is 3.30. The topological polar surface area (TPSA) is 78.7 Å². The lowest BCUT2D eigenvalue weighted by Crippen LogP contribution is -2.16. The number of anilines is 1. The molecule has 0 fully saturated rings. The van der Waals surface area contributed by atoms with E-state index in [9.17, 15) is 4.79 Å². The van der Waals surface area contributed by atoms with Gasteiger partial charge >= 0.3 is 0 Å². The van der Waals surface area contributed by atoms with Gasteiger partial charge in [0.05, 0.1) is 28.4 Å². The van der Waals surface area contributed by atoms with Crippen molar-refractivity contribution in [3.8, 4) is 6.07 Å². The fourth-order valence-electron chi connectivity index (χ4n) is 2.16. The molecule has 0 unspecified atom stereocenters. The van der Waals surface area contributed by atoms with E-state index in [0.29, 0.717) is 22.5 Å². The minimum absolute atomic E-state index is 0.279. The van der Waals surface area contributed by atoms with Crippen LogP contribution in [-0.2, 0) is 0 Å². The van der Waals surface area contributed by atoms with Gasteiger partial charge in [0.2, 0.25) is 0 Å². The molecule has 22 heavy (non-hydrogen) atoms. The van der Waals surface area contributed by atoms with E-state index >= 15 is 0 Å². The van der Waals surface area contributed by atoms with Gasteiger partial charge in [0.25, 0.3) is 5.91 Å². The second-order valence-electron chi connectivity index (χ2n) is 4.79. The Morgan fingerprint density at radius 1 is 1.09 bits per heavy atom. The molecule has 3 aromatic rings. The molecule has 1 aromatic heterocycles. The molecule has 1 heterocycles. The molecule has 2 aromatic carbocycles. The highest BCUT2D eigenvalue weighted by molar-refractivity contribution is 6.04. The summed E-state index contributed by atoms with van der Waals surface area (Å²) in [6.07, 6.45) is 0. The van der Waals surface area contributed by atoms with Crippen LogP contribution in [0.2, 0.25) is 0 Å². The third kappa shape index (κ3) is 2.63. The number of nitrogens with zero attached hydrogens (tertiary/aromatic N) is 3. The maximum atomic E-state index is 12.4. The van der Waals surface area contributed by atoms with Crippen molar-refractivity contribution >= 4 is 22.6 Å². The molecule has 0 aliphatic carbocycles. The first-order valence-corrected chi connectivity index (χ1v) is 6.72. The van der Waals surface area contributed by atoms with Crippen LogP contribution in [0.25, 0.3) is 11.0 Å². The van der Waals surface area contributed by atoms with Crippen molar-refractivity contribution in [1.29, 1.82) is 5.26 Å². The maximum Gasteiger partial charge on any atom is 0.276 e. The minimum Gasteiger partial charge on any atom is -0.321 e. The van der Waals surface area contributed by atoms with Gasteiger partial charge in [0.15, 0.2) is 0 Å². The molecule has 0 aliphatic heterocycles. The number of carbonyl (C=O) groups excluding carboxylic acids is 1. The summed E-state index contributed by atoms with van der Waals surface area (Å²) in [6.45, 7) is 1.75. The fraction of sp³-hybridized carbons (Fsp3) is 0.0588. The van der Waals surface area contributed by atoms with Gasteiger partial charge < -0.3 is 5.32 Å². The lowest BCUT2D eigenvalue weighted by Gasteiger charge is -2.08. The number of nitriles is 1. The summed E-state index contributed by atoms with van der Waals surface area (Å²) >= 11 is 0. The average molecular weight is 288 g/mol. The van der Waals surface area contributed by atoms with Crippen LogP contribution >= 0.6 is 0 Å². The van der Waals surface area contributed by atoms with E-state index in [-0.39, 0.29) is 11.6 Å². The number of carbonyl (C=O) groups is 1. The number of rotatable bonds is 2. The number of hydrogen-bond acceptors (Lipinski definition) is 4. The van der Waals surface area contributed by atoms with E-state index in [0.717, 1.165) is 5.52 Å². The van der Waals surface area contributed by atoms with E-state index in [1.807, 2.05) is 30.3 Å². The molecule has 0 spiro atoms. The Labute approximate surface area is 127 Å². The molecule has 0 saturated carbocycles. The molecule has 5 heteroatoms. The second kappa shape index (κ2) is 5.62. The molecule has 0 saturated heterocycles. The number of aryl methyl sites for hydroxylation is 1. The van der Waals surface area contributed by atoms with Gasteiger partial charge in [0.1, 0.15) is 5.69 Å². The highest BCUT2D eigenvalue weighted by Gasteiger charge is 2.13. The maximum absolute atomic E-state index is 12.4. The Hall–Kier alpha value is -3.26. The smallest absolute Gasteiger partial charge is 0.276 e. The van der Waals surface area contributed by atoms with Crippen molar-refractivity contribution in [3.63, 3.8) is 0 Å². The fourth-order valence-corrected chi connectivity index (χ4v) is 2.16. The third-order valence-electron chi connectivity index (χ3n) is 3.21. The Bertz CT molecular complexity index is 912. The van der Waals surface area contributed by atoms with Crippen LogP contribution in [0.5, 0.6) is 0 Å². The number of aromatic nitrogens is 2. The zero-order valence-electron chi connectivity index (χ0n) is 11.9. The summed E-state index contributed by atoms with van der Waals surface area (Å²) in [6, 6.07) is 16.2. The van der Waals surface area contributed by atoms with E-state index in [2.05, 4.69) is 15.3 Å². The summed E-state index contributed by atoms with van der Waals surface area (Å²) in [4.78, 5) is 21.2. The van der Waals surface area contributed by atoms with E-state index in [1.54, 1.807) is 31.2 Å². The average Bonchev–Trinajstić information content (AvgIpc) is 2.54. The molecule has 5 nitrogen and oxygen atoms in total. The van der Waals surface area contributed by atoms with Crippen LogP contribution in [0.1, 0.15) is 21.7 Å². The second-order valence-corrected chi connectivity index (χ2v) is 4.79. The van der Waals surface area contributed by atoms with Crippen LogP contribution in [0.4, 0.5) is 5.69 Å². The SMILES string of the molecule is Cc1nc2ccccc2nc1C(=O)Nc1cccc(C#N)c1. The van der Waals surface area contributed by atoms with Crippen molar-refractivity contribution in [1.82, 2.24) is 9.97 Å². The number of benzene rings is 2. The van der Waals surface area contributed by atoms with Gasteiger partial charge in [-0.05, 0) is 37.3 Å². The van der Waals surface area contributed by atoms with Crippen molar-refractivity contribution in [3.05, 3.63) is 65.5 Å². The van der Waals surface area contributed by atoms with Crippen molar-refractivity contribution in [2.75, 3.05) is 5.32 Å². The summed E-state index contributed by atoms with van der Waals surface area (Å²) in [5, 5.41) is 11.6. The quantitative estimate of drug-likeness (QED) is 0.786. The first kappa shape index (κ1) is 13.7. The molecule has 1 N–H and O–H groups in total. The molecule has 1 amide bonds. The molecular formula is C17H12N4O. The zero-order valence-corrected chi connectivity index (χ0v) is 11.9. The summed E-state index contributed by atoms with van der Waals surface area (Å²) in [5.74, 6) is -0.342. The number of amides is 1. The molecule has 0 atom stereocenters. The number of fused-ring (bicyclic) bond motifs is 1. The highest BCUT2D eigenvalue weighted by atomic mass is 16.1. The molecule has 0 aliphatic rings. The highest BCUT2D eigenvalue weighted by Crippen LogP contribution is 2.15. The number of nitrogens with one attached hydrogen (secondary N) is 1. The van der Waals surface area contributed by atoms with Crippen LogP contribution in [0.15, 0.2) is 48.5 Å². The number of hydrogen-bond donors (Lipinski definition) is 1. The first-order valence-electron chi connectivity index (χ1n) is 6.72. The first-order chi connectivity index (χ1) is 10.7. The van der Waals surface area contributed by atoms with Crippen LogP contribution in [-0.4, -0.2) is 15.9 Å². The monoisotopic (exact) mass is 288 g/mol. The van der Waals surface area contributed by atoms with Gasteiger partial charge in [0, 0.05) is 5.69 Å². The van der Waals surface area contributed by atoms with Gasteiger partial charge in [-0.1, -0.05) is 18.2 Å². The van der Waals surface area contributed by atoms with E-state index in [4.69, 9.17) is 5.26 Å². The zero-order chi connectivity index (χ0) is 15.5. The lowest BCUT2D eigenvalue weighted by molar-refractivity contribution is 0.102. The van der Waals surface area contributed by atoms with Gasteiger partial charge in [-0.3, -0.25) is 4.79 Å².